The van der Waals surface area contributed by atoms with Gasteiger partial charge in [0.2, 0.25) is 5.78 Å². The Kier molecular flexibility index (Phi) is 5.65. The van der Waals surface area contributed by atoms with Gasteiger partial charge in [0.05, 0.1) is 26.4 Å². The number of carbonyl (C=O) groups excluding carboxylic acids is 1. The number of benzene rings is 2. The lowest BCUT2D eigenvalue weighted by atomic mass is 10.00. The summed E-state index contributed by atoms with van der Waals surface area (Å²) in [4.78, 5) is 15.2. The number of methoxy groups -OCH3 is 3. The van der Waals surface area contributed by atoms with Crippen LogP contribution in [0.3, 0.4) is 0 Å². The highest BCUT2D eigenvalue weighted by Crippen LogP contribution is 2.43. The van der Waals surface area contributed by atoms with E-state index >= 15 is 0 Å². The van der Waals surface area contributed by atoms with Crippen LogP contribution in [-0.2, 0) is 11.3 Å². The third-order valence-corrected chi connectivity index (χ3v) is 5.34. The molecule has 2 aliphatic heterocycles. The van der Waals surface area contributed by atoms with Gasteiger partial charge >= 0.3 is 0 Å². The summed E-state index contributed by atoms with van der Waals surface area (Å²) in [6.45, 7) is 4.49. The molecule has 7 heteroatoms. The number of hydrogen-bond acceptors (Lipinski definition) is 7. The monoisotopic (exact) mass is 411 g/mol. The zero-order valence-corrected chi connectivity index (χ0v) is 17.6. The molecule has 0 atom stereocenters. The molecule has 0 N–H and O–H groups in total. The SMILES string of the molecule is COCCN1COc2c(cc3c(c2C)OC(=Cc2ccc(OC)cc2OC)C3=O)C1. The predicted molar refractivity (Wildman–Crippen MR) is 111 cm³/mol. The van der Waals surface area contributed by atoms with E-state index in [2.05, 4.69) is 4.90 Å². The molecular weight excluding hydrogens is 386 g/mol. The minimum Gasteiger partial charge on any atom is -0.497 e. The van der Waals surface area contributed by atoms with Crippen molar-refractivity contribution in [2.75, 3.05) is 41.2 Å². The van der Waals surface area contributed by atoms with Gasteiger partial charge in [-0.3, -0.25) is 9.69 Å². The van der Waals surface area contributed by atoms with Crippen molar-refractivity contribution in [3.05, 3.63) is 52.3 Å². The smallest absolute Gasteiger partial charge is 0.231 e. The second-order valence-corrected chi connectivity index (χ2v) is 7.23. The number of allylic oxidation sites excluding steroid dienone is 1. The van der Waals surface area contributed by atoms with Crippen LogP contribution < -0.4 is 18.9 Å². The predicted octanol–water partition coefficient (Wildman–Crippen LogP) is 3.43. The lowest BCUT2D eigenvalue weighted by Gasteiger charge is -2.30. The van der Waals surface area contributed by atoms with Crippen LogP contribution in [0.25, 0.3) is 6.08 Å². The number of nitrogens with zero attached hydrogens (tertiary/aromatic N) is 1. The molecule has 0 amide bonds. The van der Waals surface area contributed by atoms with E-state index in [-0.39, 0.29) is 11.5 Å². The van der Waals surface area contributed by atoms with Crippen LogP contribution in [0.5, 0.6) is 23.0 Å². The first kappa shape index (κ1) is 20.3. The molecule has 0 radical (unpaired) electrons. The number of fused-ring (bicyclic) bond motifs is 2. The van der Waals surface area contributed by atoms with Gasteiger partial charge < -0.3 is 23.7 Å². The number of rotatable bonds is 6. The Morgan fingerprint density at radius 3 is 2.70 bits per heavy atom. The van der Waals surface area contributed by atoms with E-state index in [0.29, 0.717) is 42.7 Å². The van der Waals surface area contributed by atoms with Crippen molar-refractivity contribution in [3.63, 3.8) is 0 Å². The summed E-state index contributed by atoms with van der Waals surface area (Å²) in [5.41, 5.74) is 3.11. The molecule has 2 aromatic rings. The third-order valence-electron chi connectivity index (χ3n) is 5.34. The Balaban J connectivity index is 1.66. The normalized spacial score (nSPS) is 16.7. The Morgan fingerprint density at radius 1 is 1.13 bits per heavy atom. The molecule has 0 unspecified atom stereocenters. The first-order valence-corrected chi connectivity index (χ1v) is 9.72. The molecule has 0 aliphatic carbocycles. The number of Topliss-reactive ketones (excluding diaryl/α,β-unsaturated/α-hetero) is 1. The summed E-state index contributed by atoms with van der Waals surface area (Å²) in [6, 6.07) is 7.29. The average molecular weight is 411 g/mol. The molecule has 4 rings (SSSR count). The fourth-order valence-corrected chi connectivity index (χ4v) is 3.74. The largest absolute Gasteiger partial charge is 0.497 e. The molecule has 0 bridgehead atoms. The molecule has 2 aromatic carbocycles. The minimum absolute atomic E-state index is 0.150. The summed E-state index contributed by atoms with van der Waals surface area (Å²) in [6.07, 6.45) is 1.70. The van der Waals surface area contributed by atoms with Crippen LogP contribution >= 0.6 is 0 Å². The maximum atomic E-state index is 13.1. The average Bonchev–Trinajstić information content (AvgIpc) is 3.08. The highest BCUT2D eigenvalue weighted by atomic mass is 16.5. The van der Waals surface area contributed by atoms with Gasteiger partial charge in [-0.1, -0.05) is 0 Å². The zero-order chi connectivity index (χ0) is 21.3. The van der Waals surface area contributed by atoms with Gasteiger partial charge in [0.1, 0.15) is 29.7 Å². The third kappa shape index (κ3) is 3.62. The lowest BCUT2D eigenvalue weighted by Crippen LogP contribution is -2.34. The van der Waals surface area contributed by atoms with Gasteiger partial charge in [-0.25, -0.2) is 0 Å². The van der Waals surface area contributed by atoms with Crippen LogP contribution in [0.15, 0.2) is 30.0 Å². The van der Waals surface area contributed by atoms with Gasteiger partial charge in [-0.05, 0) is 31.2 Å². The van der Waals surface area contributed by atoms with Crippen LogP contribution in [0, 0.1) is 6.92 Å². The number of ketones is 1. The molecule has 0 aromatic heterocycles. The second-order valence-electron chi connectivity index (χ2n) is 7.23. The number of carbonyl (C=O) groups is 1. The van der Waals surface area contributed by atoms with Crippen molar-refractivity contribution in [1.82, 2.24) is 4.90 Å². The molecule has 0 saturated heterocycles. The number of hydrogen-bond donors (Lipinski definition) is 0. The topological polar surface area (TPSA) is 66.5 Å². The summed E-state index contributed by atoms with van der Waals surface area (Å²) in [5, 5.41) is 0. The molecule has 7 nitrogen and oxygen atoms in total. The summed E-state index contributed by atoms with van der Waals surface area (Å²) >= 11 is 0. The first-order valence-electron chi connectivity index (χ1n) is 9.72. The van der Waals surface area contributed by atoms with E-state index in [1.807, 2.05) is 25.1 Å². The van der Waals surface area contributed by atoms with Gasteiger partial charge in [0.15, 0.2) is 5.76 Å². The summed E-state index contributed by atoms with van der Waals surface area (Å²) < 4.78 is 27.8. The fraction of sp³-hybridized carbons (Fsp3) is 0.348. The second kappa shape index (κ2) is 8.38. The highest BCUT2D eigenvalue weighted by molar-refractivity contribution is 6.15. The minimum atomic E-state index is -0.150. The Hall–Kier alpha value is -3.03. The van der Waals surface area contributed by atoms with Crippen molar-refractivity contribution in [2.45, 2.75) is 13.5 Å². The molecule has 0 saturated carbocycles. The van der Waals surface area contributed by atoms with Crippen molar-refractivity contribution in [3.8, 4) is 23.0 Å². The molecule has 158 valence electrons. The van der Waals surface area contributed by atoms with E-state index < -0.39 is 0 Å². The Labute approximate surface area is 175 Å². The van der Waals surface area contributed by atoms with E-state index in [1.54, 1.807) is 33.5 Å². The van der Waals surface area contributed by atoms with Gasteiger partial charge in [-0.2, -0.15) is 0 Å². The fourth-order valence-electron chi connectivity index (χ4n) is 3.74. The van der Waals surface area contributed by atoms with Crippen LogP contribution in [0.1, 0.15) is 27.0 Å². The van der Waals surface area contributed by atoms with Crippen LogP contribution in [-0.4, -0.2) is 51.9 Å². The van der Waals surface area contributed by atoms with Gasteiger partial charge in [0.25, 0.3) is 0 Å². The van der Waals surface area contributed by atoms with E-state index in [9.17, 15) is 4.79 Å². The van der Waals surface area contributed by atoms with Crippen LogP contribution in [0.4, 0.5) is 0 Å². The van der Waals surface area contributed by atoms with Crippen LogP contribution in [0.2, 0.25) is 0 Å². The van der Waals surface area contributed by atoms with E-state index in [0.717, 1.165) is 29.0 Å². The zero-order valence-electron chi connectivity index (χ0n) is 17.6. The first-order chi connectivity index (χ1) is 14.5. The molecule has 0 spiro atoms. The van der Waals surface area contributed by atoms with Crippen molar-refractivity contribution >= 4 is 11.9 Å². The lowest BCUT2D eigenvalue weighted by molar-refractivity contribution is 0.0649. The van der Waals surface area contributed by atoms with Crippen molar-refractivity contribution in [1.29, 1.82) is 0 Å². The van der Waals surface area contributed by atoms with Gasteiger partial charge in [-0.15, -0.1) is 0 Å². The highest BCUT2D eigenvalue weighted by Gasteiger charge is 2.33. The maximum absolute atomic E-state index is 13.1. The molecule has 2 heterocycles. The molecule has 30 heavy (non-hydrogen) atoms. The van der Waals surface area contributed by atoms with E-state index in [1.165, 1.54) is 0 Å². The molecule has 2 aliphatic rings. The van der Waals surface area contributed by atoms with Crippen molar-refractivity contribution in [2.24, 2.45) is 0 Å². The molecular formula is C23H25NO6. The van der Waals surface area contributed by atoms with Crippen molar-refractivity contribution < 1.29 is 28.5 Å². The number of ether oxygens (including phenoxy) is 5. The summed E-state index contributed by atoms with van der Waals surface area (Å²) in [7, 11) is 4.85. The summed E-state index contributed by atoms with van der Waals surface area (Å²) in [5.74, 6) is 2.73. The maximum Gasteiger partial charge on any atom is 0.231 e. The molecule has 0 fully saturated rings. The standard InChI is InChI=1S/C23H25NO6/c1-14-22-16(12-24(13-29-22)7-8-26-2)9-18-21(25)20(30-23(14)18)10-15-5-6-17(27-3)11-19(15)28-4/h5-6,9-11H,7-8,12-13H2,1-4H3. The Bertz CT molecular complexity index is 1010. The van der Waals surface area contributed by atoms with Gasteiger partial charge in [0, 0.05) is 43.0 Å². The van der Waals surface area contributed by atoms with E-state index in [4.69, 9.17) is 23.7 Å². The quantitative estimate of drug-likeness (QED) is 0.675. The Morgan fingerprint density at radius 2 is 1.97 bits per heavy atom.